The maximum Gasteiger partial charge on any atom is 0.277 e. The Morgan fingerprint density at radius 1 is 1.07 bits per heavy atom. The lowest BCUT2D eigenvalue weighted by atomic mass is 10.2. The lowest BCUT2D eigenvalue weighted by molar-refractivity contribution is 0.465. The molecule has 2 heterocycles. The van der Waals surface area contributed by atoms with Crippen LogP contribution in [-0.4, -0.2) is 15.2 Å². The van der Waals surface area contributed by atoms with Crippen molar-refractivity contribution in [2.75, 3.05) is 5.32 Å². The highest BCUT2D eigenvalue weighted by molar-refractivity contribution is 7.98. The molecule has 0 unspecified atom stereocenters. The predicted molar refractivity (Wildman–Crippen MR) is 106 cm³/mol. The summed E-state index contributed by atoms with van der Waals surface area (Å²) in [6.07, 6.45) is 0. The normalized spacial score (nSPS) is 10.9. The Kier molecular flexibility index (Phi) is 5.17. The summed E-state index contributed by atoms with van der Waals surface area (Å²) in [7, 11) is 0. The lowest BCUT2D eigenvalue weighted by Crippen LogP contribution is -1.90. The molecular weight excluding hydrogens is 383 g/mol. The van der Waals surface area contributed by atoms with Crippen LogP contribution in [0, 0.1) is 12.7 Å². The number of hydrogen-bond acceptors (Lipinski definition) is 7. The van der Waals surface area contributed by atoms with Crippen molar-refractivity contribution < 1.29 is 8.81 Å². The van der Waals surface area contributed by atoms with Crippen LogP contribution in [0.25, 0.3) is 11.5 Å². The monoisotopic (exact) mass is 398 g/mol. The van der Waals surface area contributed by atoms with E-state index in [0.717, 1.165) is 16.5 Å². The Morgan fingerprint density at radius 2 is 1.85 bits per heavy atom. The maximum absolute atomic E-state index is 13.0. The summed E-state index contributed by atoms with van der Waals surface area (Å²) in [6, 6.07) is 14.1. The van der Waals surface area contributed by atoms with E-state index >= 15 is 0 Å². The van der Waals surface area contributed by atoms with Gasteiger partial charge in [0.15, 0.2) is 5.13 Å². The second-order valence-corrected chi connectivity index (χ2v) is 7.59. The van der Waals surface area contributed by atoms with Crippen molar-refractivity contribution in [3.63, 3.8) is 0 Å². The second kappa shape index (κ2) is 7.89. The van der Waals surface area contributed by atoms with Crippen molar-refractivity contribution in [3.05, 3.63) is 71.0 Å². The fraction of sp³-hybridized carbons (Fsp3) is 0.105. The molecule has 1 N–H and O–H groups in total. The number of hydrogen-bond donors (Lipinski definition) is 1. The zero-order valence-electron chi connectivity index (χ0n) is 14.3. The van der Waals surface area contributed by atoms with E-state index in [2.05, 4.69) is 39.6 Å². The third kappa shape index (κ3) is 4.53. The minimum absolute atomic E-state index is 0.300. The minimum Gasteiger partial charge on any atom is -0.411 e. The molecule has 136 valence electrons. The molecule has 0 fully saturated rings. The molecule has 0 saturated carbocycles. The molecule has 2 aromatic heterocycles. The van der Waals surface area contributed by atoms with Gasteiger partial charge in [0.05, 0.1) is 5.69 Å². The number of halogens is 1. The minimum atomic E-state index is -0.300. The highest BCUT2D eigenvalue weighted by atomic mass is 32.2. The molecule has 0 spiro atoms. The molecule has 5 nitrogen and oxygen atoms in total. The van der Waals surface area contributed by atoms with E-state index in [-0.39, 0.29) is 5.82 Å². The third-order valence-electron chi connectivity index (χ3n) is 3.70. The first kappa shape index (κ1) is 17.7. The summed E-state index contributed by atoms with van der Waals surface area (Å²) < 4.78 is 18.6. The summed E-state index contributed by atoms with van der Waals surface area (Å²) in [6.45, 7) is 2.06. The van der Waals surface area contributed by atoms with Crippen LogP contribution in [0.5, 0.6) is 0 Å². The summed E-state index contributed by atoms with van der Waals surface area (Å²) in [5, 5.41) is 14.6. The number of thioether (sulfide) groups is 1. The van der Waals surface area contributed by atoms with Gasteiger partial charge >= 0.3 is 0 Å². The van der Waals surface area contributed by atoms with E-state index in [0.29, 0.717) is 22.4 Å². The lowest BCUT2D eigenvalue weighted by Gasteiger charge is -2.02. The van der Waals surface area contributed by atoms with Gasteiger partial charge in [-0.3, -0.25) is 0 Å². The van der Waals surface area contributed by atoms with E-state index in [1.54, 1.807) is 23.5 Å². The van der Waals surface area contributed by atoms with Gasteiger partial charge in [-0.1, -0.05) is 29.5 Å². The summed E-state index contributed by atoms with van der Waals surface area (Å²) in [4.78, 5) is 4.57. The number of anilines is 2. The van der Waals surface area contributed by atoms with Crippen molar-refractivity contribution in [2.24, 2.45) is 0 Å². The molecule has 0 aliphatic carbocycles. The van der Waals surface area contributed by atoms with Crippen LogP contribution in [-0.2, 0) is 5.75 Å². The third-order valence-corrected chi connectivity index (χ3v) is 5.35. The molecule has 0 aliphatic rings. The van der Waals surface area contributed by atoms with Crippen LogP contribution in [0.15, 0.2) is 63.6 Å². The number of thiazole rings is 1. The van der Waals surface area contributed by atoms with Gasteiger partial charge in [0.1, 0.15) is 5.82 Å². The largest absolute Gasteiger partial charge is 0.411 e. The molecule has 0 bridgehead atoms. The number of aromatic nitrogens is 3. The SMILES string of the molecule is Cc1ccc(Nc2nc(CSc3nnc(-c4ccc(F)cc4)o3)cs2)cc1. The highest BCUT2D eigenvalue weighted by Gasteiger charge is 2.11. The quantitative estimate of drug-likeness (QED) is 0.422. The Hall–Kier alpha value is -2.71. The van der Waals surface area contributed by atoms with Crippen molar-refractivity contribution >= 4 is 33.9 Å². The molecule has 0 amide bonds. The van der Waals surface area contributed by atoms with E-state index in [9.17, 15) is 4.39 Å². The van der Waals surface area contributed by atoms with Gasteiger partial charge in [0.2, 0.25) is 5.89 Å². The predicted octanol–water partition coefficient (Wildman–Crippen LogP) is 5.68. The Balaban J connectivity index is 1.36. The van der Waals surface area contributed by atoms with Gasteiger partial charge in [0.25, 0.3) is 5.22 Å². The maximum atomic E-state index is 13.0. The van der Waals surface area contributed by atoms with Crippen LogP contribution < -0.4 is 5.32 Å². The first-order chi connectivity index (χ1) is 13.2. The molecule has 0 saturated heterocycles. The molecule has 0 atom stereocenters. The highest BCUT2D eigenvalue weighted by Crippen LogP contribution is 2.28. The average Bonchev–Trinajstić information content (AvgIpc) is 3.32. The standard InChI is InChI=1S/C19H15FN4OS2/c1-12-2-8-15(9-3-12)21-18-22-16(10-26-18)11-27-19-24-23-17(25-19)13-4-6-14(20)7-5-13/h2-10H,11H2,1H3,(H,21,22). The zero-order chi connectivity index (χ0) is 18.6. The van der Waals surface area contributed by atoms with E-state index < -0.39 is 0 Å². The molecule has 27 heavy (non-hydrogen) atoms. The van der Waals surface area contributed by atoms with Gasteiger partial charge in [0, 0.05) is 22.4 Å². The fourth-order valence-electron chi connectivity index (χ4n) is 2.30. The van der Waals surface area contributed by atoms with E-state index in [1.165, 1.54) is 29.5 Å². The smallest absolute Gasteiger partial charge is 0.277 e. The molecular formula is C19H15FN4OS2. The van der Waals surface area contributed by atoms with Crippen LogP contribution in [0.4, 0.5) is 15.2 Å². The Labute approximate surface area is 163 Å². The number of rotatable bonds is 6. The number of nitrogens with one attached hydrogen (secondary N) is 1. The Bertz CT molecular complexity index is 1030. The van der Waals surface area contributed by atoms with Crippen molar-refractivity contribution in [2.45, 2.75) is 17.9 Å². The van der Waals surface area contributed by atoms with Gasteiger partial charge < -0.3 is 9.73 Å². The number of aryl methyl sites for hydroxylation is 1. The van der Waals surface area contributed by atoms with E-state index in [1.807, 2.05) is 17.5 Å². The van der Waals surface area contributed by atoms with E-state index in [4.69, 9.17) is 4.42 Å². The molecule has 0 radical (unpaired) electrons. The van der Waals surface area contributed by atoms with Crippen LogP contribution in [0.2, 0.25) is 0 Å². The van der Waals surface area contributed by atoms with Crippen molar-refractivity contribution in [3.8, 4) is 11.5 Å². The van der Waals surface area contributed by atoms with Gasteiger partial charge in [-0.05, 0) is 43.3 Å². The van der Waals surface area contributed by atoms with Crippen LogP contribution in [0.3, 0.4) is 0 Å². The van der Waals surface area contributed by atoms with Crippen LogP contribution >= 0.6 is 23.1 Å². The molecule has 4 aromatic rings. The zero-order valence-corrected chi connectivity index (χ0v) is 16.0. The Morgan fingerprint density at radius 3 is 2.63 bits per heavy atom. The van der Waals surface area contributed by atoms with Gasteiger partial charge in [-0.15, -0.1) is 21.5 Å². The molecule has 2 aromatic carbocycles. The average molecular weight is 398 g/mol. The first-order valence-electron chi connectivity index (χ1n) is 8.16. The summed E-state index contributed by atoms with van der Waals surface area (Å²) in [5.74, 6) is 0.695. The van der Waals surface area contributed by atoms with Crippen molar-refractivity contribution in [1.82, 2.24) is 15.2 Å². The summed E-state index contributed by atoms with van der Waals surface area (Å²) >= 11 is 2.97. The van der Waals surface area contributed by atoms with Crippen molar-refractivity contribution in [1.29, 1.82) is 0 Å². The first-order valence-corrected chi connectivity index (χ1v) is 10.0. The fourth-order valence-corrected chi connectivity index (χ4v) is 3.80. The van der Waals surface area contributed by atoms with Gasteiger partial charge in [-0.2, -0.15) is 0 Å². The van der Waals surface area contributed by atoms with Crippen LogP contribution in [0.1, 0.15) is 11.3 Å². The molecule has 4 rings (SSSR count). The van der Waals surface area contributed by atoms with Gasteiger partial charge in [-0.25, -0.2) is 9.37 Å². The molecule has 8 heteroatoms. The number of nitrogens with zero attached hydrogens (tertiary/aromatic N) is 3. The topological polar surface area (TPSA) is 63.8 Å². The number of benzene rings is 2. The summed E-state index contributed by atoms with van der Waals surface area (Å²) in [5.41, 5.74) is 3.85. The molecule has 0 aliphatic heterocycles. The second-order valence-electron chi connectivity index (χ2n) is 5.80.